The van der Waals surface area contributed by atoms with Gasteiger partial charge in [0.15, 0.2) is 6.17 Å². The van der Waals surface area contributed by atoms with Crippen LogP contribution in [0.2, 0.25) is 0 Å². The molecule has 100 valence electrons. The first kappa shape index (κ1) is 14.5. The summed E-state index contributed by atoms with van der Waals surface area (Å²) in [5.41, 5.74) is 3.75. The third-order valence-electron chi connectivity index (χ3n) is 2.79. The minimum Gasteiger partial charge on any atom is -0.479 e. The number of carboxylic acids is 1. The van der Waals surface area contributed by atoms with E-state index in [-0.39, 0.29) is 5.56 Å². The van der Waals surface area contributed by atoms with Gasteiger partial charge in [0.05, 0.1) is 5.54 Å². The van der Waals surface area contributed by atoms with Gasteiger partial charge < -0.3 is 10.8 Å². The molecule has 0 heterocycles. The lowest BCUT2D eigenvalue weighted by molar-refractivity contribution is -0.143. The topological polar surface area (TPSA) is 63.3 Å². The molecular weight excluding hydrogens is 247 g/mol. The average molecular weight is 261 g/mol. The third kappa shape index (κ3) is 3.01. The number of hydrogen-bond donors (Lipinski definition) is 2. The maximum Gasteiger partial charge on any atom is 0.338 e. The maximum absolute atomic E-state index is 13.9. The van der Waals surface area contributed by atoms with Gasteiger partial charge in [0.25, 0.3) is 0 Å². The number of carboxylic acid groups (broad SMARTS) is 1. The zero-order valence-electron chi connectivity index (χ0n) is 9.74. The van der Waals surface area contributed by atoms with Crippen LogP contribution in [0.3, 0.4) is 0 Å². The number of nitrogens with two attached hydrogens (primary N) is 1. The second-order valence-corrected chi connectivity index (χ2v) is 4.27. The number of alkyl halides is 2. The van der Waals surface area contributed by atoms with Crippen LogP contribution >= 0.6 is 0 Å². The highest BCUT2D eigenvalue weighted by atomic mass is 19.1. The molecular formula is C12H14F3NO2. The van der Waals surface area contributed by atoms with Gasteiger partial charge in [0.2, 0.25) is 0 Å². The molecule has 3 nitrogen and oxygen atoms in total. The molecule has 0 aliphatic rings. The van der Waals surface area contributed by atoms with Crippen molar-refractivity contribution in [2.24, 2.45) is 5.73 Å². The maximum atomic E-state index is 13.9. The normalized spacial score (nSPS) is 17.8. The van der Waals surface area contributed by atoms with Crippen molar-refractivity contribution >= 4 is 5.97 Å². The van der Waals surface area contributed by atoms with Gasteiger partial charge in [0, 0.05) is 12.0 Å². The fourth-order valence-electron chi connectivity index (χ4n) is 1.59. The number of halogens is 3. The van der Waals surface area contributed by atoms with Crippen LogP contribution in [-0.4, -0.2) is 23.4 Å². The number of aliphatic carboxylic acids is 1. The molecule has 3 atom stereocenters. The SMILES string of the molecule is C[C@](N)(c1ccccc1F)[C@@H](F)CC(F)C(=O)O. The van der Waals surface area contributed by atoms with E-state index in [4.69, 9.17) is 10.8 Å². The number of hydrogen-bond acceptors (Lipinski definition) is 2. The van der Waals surface area contributed by atoms with Gasteiger partial charge >= 0.3 is 5.97 Å². The van der Waals surface area contributed by atoms with E-state index in [1.165, 1.54) is 25.1 Å². The number of carbonyl (C=O) groups is 1. The van der Waals surface area contributed by atoms with Gasteiger partial charge in [-0.2, -0.15) is 0 Å². The predicted molar refractivity (Wildman–Crippen MR) is 60.0 cm³/mol. The second-order valence-electron chi connectivity index (χ2n) is 4.27. The zero-order valence-corrected chi connectivity index (χ0v) is 9.74. The fraction of sp³-hybridized carbons (Fsp3) is 0.417. The van der Waals surface area contributed by atoms with Gasteiger partial charge in [-0.1, -0.05) is 18.2 Å². The van der Waals surface area contributed by atoms with Crippen molar-refractivity contribution in [3.05, 3.63) is 35.6 Å². The highest BCUT2D eigenvalue weighted by Gasteiger charge is 2.37. The van der Waals surface area contributed by atoms with Crippen LogP contribution in [0.1, 0.15) is 18.9 Å². The largest absolute Gasteiger partial charge is 0.479 e. The summed E-state index contributed by atoms with van der Waals surface area (Å²) in [6, 6.07) is 5.28. The molecule has 1 aromatic carbocycles. The molecule has 1 rings (SSSR count). The van der Waals surface area contributed by atoms with E-state index in [0.29, 0.717) is 0 Å². The molecule has 0 bridgehead atoms. The Morgan fingerprint density at radius 1 is 1.44 bits per heavy atom. The van der Waals surface area contributed by atoms with Crippen LogP contribution in [0, 0.1) is 5.82 Å². The fourth-order valence-corrected chi connectivity index (χ4v) is 1.59. The van der Waals surface area contributed by atoms with E-state index in [0.717, 1.165) is 6.07 Å². The van der Waals surface area contributed by atoms with Crippen molar-refractivity contribution in [3.63, 3.8) is 0 Å². The summed E-state index contributed by atoms with van der Waals surface area (Å²) < 4.78 is 40.3. The lowest BCUT2D eigenvalue weighted by Gasteiger charge is -2.29. The van der Waals surface area contributed by atoms with Crippen LogP contribution < -0.4 is 5.73 Å². The van der Waals surface area contributed by atoms with Crippen molar-refractivity contribution in [1.82, 2.24) is 0 Å². The van der Waals surface area contributed by atoms with Gasteiger partial charge in [-0.3, -0.25) is 0 Å². The minimum absolute atomic E-state index is 0.116. The third-order valence-corrected chi connectivity index (χ3v) is 2.79. The zero-order chi connectivity index (χ0) is 13.9. The van der Waals surface area contributed by atoms with Crippen molar-refractivity contribution in [3.8, 4) is 0 Å². The second kappa shape index (κ2) is 5.39. The molecule has 18 heavy (non-hydrogen) atoms. The summed E-state index contributed by atoms with van der Waals surface area (Å²) in [6.07, 6.45) is -5.30. The Morgan fingerprint density at radius 2 is 2.00 bits per heavy atom. The summed E-state index contributed by atoms with van der Waals surface area (Å²) in [6.45, 7) is 1.20. The Bertz CT molecular complexity index is 437. The van der Waals surface area contributed by atoms with Crippen LogP contribution in [0.15, 0.2) is 24.3 Å². The van der Waals surface area contributed by atoms with Gasteiger partial charge in [-0.05, 0) is 13.0 Å². The molecule has 0 spiro atoms. The highest BCUT2D eigenvalue weighted by Crippen LogP contribution is 2.29. The van der Waals surface area contributed by atoms with Crippen LogP contribution in [0.5, 0.6) is 0 Å². The molecule has 0 amide bonds. The molecule has 0 saturated carbocycles. The summed E-state index contributed by atoms with van der Waals surface area (Å²) in [5.74, 6) is -2.47. The smallest absolute Gasteiger partial charge is 0.338 e. The Morgan fingerprint density at radius 3 is 2.50 bits per heavy atom. The van der Waals surface area contributed by atoms with E-state index in [1.807, 2.05) is 0 Å². The Hall–Kier alpha value is -1.56. The van der Waals surface area contributed by atoms with E-state index in [9.17, 15) is 18.0 Å². The van der Waals surface area contributed by atoms with Crippen LogP contribution in [-0.2, 0) is 10.3 Å². The summed E-state index contributed by atoms with van der Waals surface area (Å²) in [4.78, 5) is 10.3. The molecule has 6 heteroatoms. The first-order chi connectivity index (χ1) is 8.26. The quantitative estimate of drug-likeness (QED) is 0.853. The first-order valence-electron chi connectivity index (χ1n) is 5.31. The lowest BCUT2D eigenvalue weighted by atomic mass is 9.85. The molecule has 3 N–H and O–H groups in total. The van der Waals surface area contributed by atoms with Crippen molar-refractivity contribution in [1.29, 1.82) is 0 Å². The van der Waals surface area contributed by atoms with Gasteiger partial charge in [-0.15, -0.1) is 0 Å². The molecule has 1 aromatic rings. The highest BCUT2D eigenvalue weighted by molar-refractivity contribution is 5.72. The van der Waals surface area contributed by atoms with E-state index in [2.05, 4.69) is 0 Å². The van der Waals surface area contributed by atoms with Crippen molar-refractivity contribution < 1.29 is 23.1 Å². The predicted octanol–water partition coefficient (Wildman–Crippen LogP) is 2.15. The number of rotatable bonds is 5. The molecule has 0 aliphatic heterocycles. The first-order valence-corrected chi connectivity index (χ1v) is 5.31. The van der Waals surface area contributed by atoms with E-state index >= 15 is 0 Å². The average Bonchev–Trinajstić information content (AvgIpc) is 2.28. The van der Waals surface area contributed by atoms with Crippen LogP contribution in [0.4, 0.5) is 13.2 Å². The van der Waals surface area contributed by atoms with Crippen molar-refractivity contribution in [2.75, 3.05) is 0 Å². The summed E-state index contributed by atoms with van der Waals surface area (Å²) in [5, 5.41) is 8.37. The minimum atomic E-state index is -2.37. The van der Waals surface area contributed by atoms with E-state index < -0.39 is 36.1 Å². The van der Waals surface area contributed by atoms with Crippen LogP contribution in [0.25, 0.3) is 0 Å². The Kier molecular flexibility index (Phi) is 4.34. The standard InChI is InChI=1S/C12H14F3NO2/c1-12(16,7-4-2-3-5-8(7)13)10(15)6-9(14)11(17)18/h2-5,9-10H,6,16H2,1H3,(H,17,18)/t9?,10-,12-/m0/s1. The lowest BCUT2D eigenvalue weighted by Crippen LogP contribution is -2.45. The molecule has 0 fully saturated rings. The van der Waals surface area contributed by atoms with Gasteiger partial charge in [-0.25, -0.2) is 18.0 Å². The Labute approximate surface area is 102 Å². The summed E-state index contributed by atoms with van der Waals surface area (Å²) >= 11 is 0. The van der Waals surface area contributed by atoms with E-state index in [1.54, 1.807) is 0 Å². The monoisotopic (exact) mass is 261 g/mol. The molecule has 0 aromatic heterocycles. The number of benzene rings is 1. The summed E-state index contributed by atoms with van der Waals surface area (Å²) in [7, 11) is 0. The molecule has 0 aliphatic carbocycles. The van der Waals surface area contributed by atoms with Gasteiger partial charge in [0.1, 0.15) is 12.0 Å². The Balaban J connectivity index is 2.93. The molecule has 0 saturated heterocycles. The van der Waals surface area contributed by atoms with Crippen molar-refractivity contribution in [2.45, 2.75) is 31.2 Å². The molecule has 1 unspecified atom stereocenters. The molecule has 0 radical (unpaired) electrons.